The van der Waals surface area contributed by atoms with Gasteiger partial charge in [-0.15, -0.1) is 0 Å². The minimum atomic E-state index is -3.70. The summed E-state index contributed by atoms with van der Waals surface area (Å²) >= 11 is 12.3. The molecule has 1 aromatic heterocycles. The summed E-state index contributed by atoms with van der Waals surface area (Å²) in [5.74, 6) is 0.637. The summed E-state index contributed by atoms with van der Waals surface area (Å²) < 4.78 is 32.8. The Morgan fingerprint density at radius 1 is 1.09 bits per heavy atom. The van der Waals surface area contributed by atoms with Crippen LogP contribution in [0, 0.1) is 0 Å². The van der Waals surface area contributed by atoms with Crippen molar-refractivity contribution in [1.29, 1.82) is 0 Å². The normalized spacial score (nSPS) is 14.6. The molecule has 1 fully saturated rings. The quantitative estimate of drug-likeness (QED) is 0.499. The lowest BCUT2D eigenvalue weighted by molar-refractivity contribution is -0.116. The Balaban J connectivity index is 1.40. The molecule has 7 nitrogen and oxygen atoms in total. The van der Waals surface area contributed by atoms with E-state index in [1.165, 1.54) is 16.4 Å². The van der Waals surface area contributed by atoms with Crippen molar-refractivity contribution in [2.24, 2.45) is 0 Å². The fourth-order valence-electron chi connectivity index (χ4n) is 3.50. The Kier molecular flexibility index (Phi) is 6.85. The summed E-state index contributed by atoms with van der Waals surface area (Å²) in [5.41, 5.74) is 1.09. The lowest BCUT2D eigenvalue weighted by Gasteiger charge is -2.17. The first kappa shape index (κ1) is 22.8. The maximum Gasteiger partial charge on any atom is 0.244 e. The van der Waals surface area contributed by atoms with Gasteiger partial charge < -0.3 is 9.73 Å². The van der Waals surface area contributed by atoms with Gasteiger partial charge in [0.25, 0.3) is 0 Å². The Morgan fingerprint density at radius 2 is 1.84 bits per heavy atom. The molecule has 32 heavy (non-hydrogen) atoms. The second-order valence-electron chi connectivity index (χ2n) is 7.40. The third-order valence-electron chi connectivity index (χ3n) is 5.16. The molecule has 1 saturated heterocycles. The van der Waals surface area contributed by atoms with Gasteiger partial charge >= 0.3 is 0 Å². The Hall–Kier alpha value is -2.39. The van der Waals surface area contributed by atoms with Gasteiger partial charge in [0.1, 0.15) is 4.90 Å². The topological polar surface area (TPSA) is 92.5 Å². The summed E-state index contributed by atoms with van der Waals surface area (Å²) in [6.45, 7) is 0.948. The van der Waals surface area contributed by atoms with E-state index in [1.54, 1.807) is 18.3 Å². The van der Waals surface area contributed by atoms with Gasteiger partial charge in [-0.2, -0.15) is 4.31 Å². The van der Waals surface area contributed by atoms with E-state index < -0.39 is 10.0 Å². The number of hydrogen-bond donors (Lipinski definition) is 1. The van der Waals surface area contributed by atoms with Gasteiger partial charge in [-0.25, -0.2) is 13.4 Å². The Morgan fingerprint density at radius 3 is 2.59 bits per heavy atom. The number of rotatable bonds is 7. The SMILES string of the molecule is O=C(CCc1ncc(-c2ccccc2Cl)o1)Nc1ccc(Cl)c(S(=O)(=O)N2CCCC2)c1. The second-order valence-corrected chi connectivity index (χ2v) is 10.1. The van der Waals surface area contributed by atoms with Gasteiger partial charge in [0.15, 0.2) is 11.7 Å². The zero-order chi connectivity index (χ0) is 22.7. The van der Waals surface area contributed by atoms with Crippen molar-refractivity contribution in [2.45, 2.75) is 30.6 Å². The summed E-state index contributed by atoms with van der Waals surface area (Å²) in [7, 11) is -3.70. The Labute approximate surface area is 196 Å². The molecule has 0 aliphatic carbocycles. The minimum Gasteiger partial charge on any atom is -0.441 e. The number of amides is 1. The molecule has 0 saturated carbocycles. The average Bonchev–Trinajstić information content (AvgIpc) is 3.47. The molecule has 1 amide bonds. The van der Waals surface area contributed by atoms with Crippen LogP contribution in [-0.2, 0) is 21.2 Å². The average molecular weight is 494 g/mol. The fourth-order valence-corrected chi connectivity index (χ4v) is 5.75. The zero-order valence-electron chi connectivity index (χ0n) is 17.1. The van der Waals surface area contributed by atoms with Crippen LogP contribution < -0.4 is 5.32 Å². The van der Waals surface area contributed by atoms with E-state index >= 15 is 0 Å². The summed E-state index contributed by atoms with van der Waals surface area (Å²) in [6, 6.07) is 11.7. The highest BCUT2D eigenvalue weighted by Crippen LogP contribution is 2.30. The van der Waals surface area contributed by atoms with Crippen LogP contribution in [0.3, 0.4) is 0 Å². The predicted octanol–water partition coefficient (Wildman–Crippen LogP) is 5.00. The lowest BCUT2D eigenvalue weighted by atomic mass is 10.2. The third-order valence-corrected chi connectivity index (χ3v) is 7.87. The van der Waals surface area contributed by atoms with Gasteiger partial charge in [0, 0.05) is 37.2 Å². The molecule has 0 bridgehead atoms. The number of oxazole rings is 1. The Bertz CT molecular complexity index is 1240. The van der Waals surface area contributed by atoms with Gasteiger partial charge in [-0.05, 0) is 43.2 Å². The molecular formula is C22H21Cl2N3O4S. The van der Waals surface area contributed by atoms with Gasteiger partial charge in [0.2, 0.25) is 15.9 Å². The predicted molar refractivity (Wildman–Crippen MR) is 123 cm³/mol. The summed E-state index contributed by atoms with van der Waals surface area (Å²) in [5, 5.41) is 3.40. The minimum absolute atomic E-state index is 0.00375. The van der Waals surface area contributed by atoms with E-state index in [2.05, 4.69) is 10.3 Å². The number of nitrogens with one attached hydrogen (secondary N) is 1. The van der Waals surface area contributed by atoms with Crippen LogP contribution in [0.15, 0.2) is 58.0 Å². The largest absolute Gasteiger partial charge is 0.441 e. The van der Waals surface area contributed by atoms with Gasteiger partial charge in [0.05, 0.1) is 16.2 Å². The third kappa shape index (κ3) is 4.99. The van der Waals surface area contributed by atoms with Crippen molar-refractivity contribution in [1.82, 2.24) is 9.29 Å². The van der Waals surface area contributed by atoms with Crippen molar-refractivity contribution < 1.29 is 17.6 Å². The van der Waals surface area contributed by atoms with Crippen LogP contribution in [0.1, 0.15) is 25.2 Å². The maximum atomic E-state index is 12.8. The fraction of sp³-hybridized carbons (Fsp3) is 0.273. The number of aromatic nitrogens is 1. The van der Waals surface area contributed by atoms with E-state index in [4.69, 9.17) is 27.6 Å². The van der Waals surface area contributed by atoms with Crippen molar-refractivity contribution >= 4 is 44.8 Å². The molecule has 0 unspecified atom stereocenters. The van der Waals surface area contributed by atoms with Crippen molar-refractivity contribution in [2.75, 3.05) is 18.4 Å². The summed E-state index contributed by atoms with van der Waals surface area (Å²) in [6.07, 6.45) is 3.61. The van der Waals surface area contributed by atoms with Gasteiger partial charge in [-0.1, -0.05) is 35.3 Å². The van der Waals surface area contributed by atoms with Crippen molar-refractivity contribution in [3.63, 3.8) is 0 Å². The number of benzene rings is 2. The number of carbonyl (C=O) groups excluding carboxylic acids is 1. The summed E-state index contributed by atoms with van der Waals surface area (Å²) in [4.78, 5) is 16.6. The molecule has 0 radical (unpaired) electrons. The van der Waals surface area contributed by atoms with E-state index in [9.17, 15) is 13.2 Å². The molecule has 2 aromatic carbocycles. The lowest BCUT2D eigenvalue weighted by Crippen LogP contribution is -2.28. The number of carbonyl (C=O) groups is 1. The van der Waals surface area contributed by atoms with Crippen LogP contribution in [0.5, 0.6) is 0 Å². The van der Waals surface area contributed by atoms with Crippen LogP contribution in [-0.4, -0.2) is 36.7 Å². The number of sulfonamides is 1. The number of halogens is 2. The number of hydrogen-bond acceptors (Lipinski definition) is 5. The number of aryl methyl sites for hydroxylation is 1. The van der Waals surface area contributed by atoms with Crippen LogP contribution in [0.2, 0.25) is 10.0 Å². The first-order chi connectivity index (χ1) is 15.3. The molecule has 1 aliphatic heterocycles. The van der Waals surface area contributed by atoms with Crippen LogP contribution >= 0.6 is 23.2 Å². The molecule has 4 rings (SSSR count). The highest BCUT2D eigenvalue weighted by molar-refractivity contribution is 7.89. The highest BCUT2D eigenvalue weighted by atomic mass is 35.5. The monoisotopic (exact) mass is 493 g/mol. The molecule has 2 heterocycles. The molecule has 1 aliphatic rings. The first-order valence-corrected chi connectivity index (χ1v) is 12.3. The second kappa shape index (κ2) is 9.62. The van der Waals surface area contributed by atoms with Gasteiger partial charge in [-0.3, -0.25) is 4.79 Å². The molecule has 0 spiro atoms. The van der Waals surface area contributed by atoms with Crippen molar-refractivity contribution in [3.05, 3.63) is 64.6 Å². The number of anilines is 1. The molecule has 168 valence electrons. The maximum absolute atomic E-state index is 12.8. The smallest absolute Gasteiger partial charge is 0.244 e. The van der Waals surface area contributed by atoms with E-state index in [0.717, 1.165) is 18.4 Å². The molecular weight excluding hydrogens is 473 g/mol. The molecule has 0 atom stereocenters. The van der Waals surface area contributed by atoms with Crippen molar-refractivity contribution in [3.8, 4) is 11.3 Å². The van der Waals surface area contributed by atoms with E-state index in [-0.39, 0.29) is 28.7 Å². The van der Waals surface area contributed by atoms with E-state index in [1.807, 2.05) is 18.2 Å². The first-order valence-electron chi connectivity index (χ1n) is 10.1. The highest BCUT2D eigenvalue weighted by Gasteiger charge is 2.29. The van der Waals surface area contributed by atoms with E-state index in [0.29, 0.717) is 35.5 Å². The number of nitrogens with zero attached hydrogens (tertiary/aromatic N) is 2. The van der Waals surface area contributed by atoms with Crippen LogP contribution in [0.4, 0.5) is 5.69 Å². The molecule has 3 aromatic rings. The molecule has 10 heteroatoms. The standard InChI is InChI=1S/C22H21Cl2N3O4S/c23-17-6-2-1-5-16(17)19-14-25-22(31-19)10-9-21(28)26-15-7-8-18(24)20(13-15)32(29,30)27-11-3-4-12-27/h1-2,5-8,13-14H,3-4,9-12H2,(H,26,28). The van der Waals surface area contributed by atoms with Crippen LogP contribution in [0.25, 0.3) is 11.3 Å². The zero-order valence-corrected chi connectivity index (χ0v) is 19.4. The molecule has 1 N–H and O–H groups in total.